The molecule has 3 saturated heterocycles. The molecule has 260 valence electrons. The molecule has 2 saturated carbocycles. The average molecular weight is 670 g/mol. The van der Waals surface area contributed by atoms with Gasteiger partial charge in [0.15, 0.2) is 5.82 Å². The molecule has 1 unspecified atom stereocenters. The van der Waals surface area contributed by atoms with Crippen molar-refractivity contribution < 1.29 is 13.9 Å². The van der Waals surface area contributed by atoms with E-state index in [-0.39, 0.29) is 23.1 Å². The quantitative estimate of drug-likeness (QED) is 0.297. The van der Waals surface area contributed by atoms with Crippen molar-refractivity contribution >= 4 is 11.7 Å². The van der Waals surface area contributed by atoms with Crippen molar-refractivity contribution in [2.75, 3.05) is 58.3 Å². The zero-order valence-corrected chi connectivity index (χ0v) is 29.1. The number of nitrogens with zero attached hydrogens (tertiary/aromatic N) is 9. The van der Waals surface area contributed by atoms with Crippen LogP contribution in [-0.2, 0) is 4.79 Å². The molecule has 2 atom stereocenters. The van der Waals surface area contributed by atoms with Crippen molar-refractivity contribution in [3.8, 4) is 22.8 Å². The van der Waals surface area contributed by atoms with Crippen molar-refractivity contribution in [1.29, 1.82) is 0 Å². The van der Waals surface area contributed by atoms with Crippen LogP contribution in [0.3, 0.4) is 0 Å². The molecule has 5 heterocycles. The number of amides is 1. The van der Waals surface area contributed by atoms with Crippen LogP contribution in [0.5, 0.6) is 11.6 Å². The fraction of sp³-hybridized carbons (Fsp3) is 0.622. The summed E-state index contributed by atoms with van der Waals surface area (Å²) in [6.45, 7) is 10.7. The SMILES string of the molecule is CC(C)[C@H](C1CC(N2CCC(C(=O)N(C)C)C2)C1)N1CC2(CCN(c3ncnnc3Oc3ccc(F)cc3-c3cncnc3C3CC3)C2)C1. The molecule has 3 aliphatic heterocycles. The Bertz CT molecular complexity index is 1690. The van der Waals surface area contributed by atoms with Gasteiger partial charge in [-0.2, -0.15) is 0 Å². The summed E-state index contributed by atoms with van der Waals surface area (Å²) in [6, 6.07) is 5.73. The van der Waals surface area contributed by atoms with E-state index >= 15 is 0 Å². The number of ether oxygens (including phenoxy) is 1. The number of halogens is 1. The zero-order chi connectivity index (χ0) is 33.9. The Morgan fingerprint density at radius 3 is 2.61 bits per heavy atom. The minimum absolute atomic E-state index is 0.155. The molecule has 2 aromatic heterocycles. The van der Waals surface area contributed by atoms with Crippen LogP contribution >= 0.6 is 0 Å². The molecule has 1 aromatic carbocycles. The Morgan fingerprint density at radius 2 is 1.86 bits per heavy atom. The predicted octanol–water partition coefficient (Wildman–Crippen LogP) is 4.86. The van der Waals surface area contributed by atoms with Gasteiger partial charge in [-0.3, -0.25) is 14.6 Å². The van der Waals surface area contributed by atoms with Gasteiger partial charge in [0.1, 0.15) is 24.2 Å². The van der Waals surface area contributed by atoms with E-state index in [0.29, 0.717) is 52.8 Å². The minimum Gasteiger partial charge on any atom is -0.434 e. The largest absolute Gasteiger partial charge is 0.434 e. The van der Waals surface area contributed by atoms with Gasteiger partial charge in [-0.05, 0) is 75.1 Å². The Balaban J connectivity index is 0.918. The summed E-state index contributed by atoms with van der Waals surface area (Å²) in [6.07, 6.45) is 11.5. The molecule has 11 nitrogen and oxygen atoms in total. The summed E-state index contributed by atoms with van der Waals surface area (Å²) < 4.78 is 21.0. The Kier molecular flexibility index (Phi) is 8.50. The van der Waals surface area contributed by atoms with Gasteiger partial charge in [0.2, 0.25) is 5.91 Å². The first-order valence-corrected chi connectivity index (χ1v) is 18.1. The number of rotatable bonds is 10. The molecule has 3 aromatic rings. The van der Waals surface area contributed by atoms with E-state index in [2.05, 4.69) is 53.7 Å². The molecular weight excluding hydrogens is 621 g/mol. The predicted molar refractivity (Wildman–Crippen MR) is 184 cm³/mol. The third-order valence-corrected chi connectivity index (χ3v) is 11.8. The van der Waals surface area contributed by atoms with Gasteiger partial charge in [0, 0.05) is 87.6 Å². The molecule has 49 heavy (non-hydrogen) atoms. The molecule has 0 N–H and O–H groups in total. The number of carbonyl (C=O) groups is 1. The van der Waals surface area contributed by atoms with Crippen molar-refractivity contribution in [2.45, 2.75) is 70.4 Å². The van der Waals surface area contributed by atoms with Crippen LogP contribution in [0, 0.1) is 29.0 Å². The number of likely N-dealkylation sites (tertiary alicyclic amines) is 2. The van der Waals surface area contributed by atoms with Gasteiger partial charge >= 0.3 is 0 Å². The van der Waals surface area contributed by atoms with Crippen molar-refractivity contribution in [3.05, 3.63) is 48.6 Å². The molecule has 12 heteroatoms. The van der Waals surface area contributed by atoms with Crippen LogP contribution < -0.4 is 9.64 Å². The molecule has 5 aliphatic rings. The molecule has 8 rings (SSSR count). The standard InChI is InChI=1S/C37H48FN9O2/c1-23(2)33(26-13-28(14-26)45-11-9-25(17-45)36(48)44(3)4)47-19-37(20-47)10-12-46(18-37)34-35(43-42-22-41-34)49-31-8-7-27(38)15-29(31)30-16-39-21-40-32(30)24-5-6-24/h7-8,15-16,21-26,28,33H,5-6,9-14,17-20H2,1-4H3/t25?,26?,28?,33-/m1/s1. The van der Waals surface area contributed by atoms with Crippen LogP contribution in [0.1, 0.15) is 64.0 Å². The molecule has 1 spiro atoms. The van der Waals surface area contributed by atoms with Crippen LogP contribution in [0.25, 0.3) is 11.1 Å². The first-order chi connectivity index (χ1) is 23.7. The molecule has 0 radical (unpaired) electrons. The third-order valence-electron chi connectivity index (χ3n) is 11.8. The van der Waals surface area contributed by atoms with Crippen molar-refractivity contribution in [3.63, 3.8) is 0 Å². The van der Waals surface area contributed by atoms with Gasteiger partial charge < -0.3 is 14.5 Å². The summed E-state index contributed by atoms with van der Waals surface area (Å²) >= 11 is 0. The highest BCUT2D eigenvalue weighted by Crippen LogP contribution is 2.49. The van der Waals surface area contributed by atoms with Crippen LogP contribution in [-0.4, -0.2) is 111 Å². The highest BCUT2D eigenvalue weighted by atomic mass is 19.1. The summed E-state index contributed by atoms with van der Waals surface area (Å²) in [7, 11) is 3.74. The van der Waals surface area contributed by atoms with Gasteiger partial charge in [-0.1, -0.05) is 13.8 Å². The maximum atomic E-state index is 14.6. The normalized spacial score (nSPS) is 25.8. The summed E-state index contributed by atoms with van der Waals surface area (Å²) in [4.78, 5) is 35.3. The van der Waals surface area contributed by atoms with Crippen molar-refractivity contribution in [2.24, 2.45) is 23.2 Å². The second-order valence-corrected chi connectivity index (χ2v) is 15.8. The molecule has 0 bridgehead atoms. The van der Waals surface area contributed by atoms with Gasteiger partial charge in [-0.25, -0.2) is 19.3 Å². The topological polar surface area (TPSA) is 104 Å². The fourth-order valence-corrected chi connectivity index (χ4v) is 9.23. The average Bonchev–Trinajstić information content (AvgIpc) is 3.62. The lowest BCUT2D eigenvalue weighted by molar-refractivity contribution is -0.132. The van der Waals surface area contributed by atoms with E-state index < -0.39 is 0 Å². The molecular formula is C37H48FN9O2. The lowest BCUT2D eigenvalue weighted by Crippen LogP contribution is -2.65. The van der Waals surface area contributed by atoms with E-state index in [1.165, 1.54) is 31.3 Å². The lowest BCUT2D eigenvalue weighted by Gasteiger charge is -2.57. The number of hydrogen-bond donors (Lipinski definition) is 0. The van der Waals surface area contributed by atoms with Gasteiger partial charge in [-0.15, -0.1) is 10.2 Å². The Morgan fingerprint density at radius 1 is 1.04 bits per heavy atom. The summed E-state index contributed by atoms with van der Waals surface area (Å²) in [5, 5.41) is 8.43. The van der Waals surface area contributed by atoms with Crippen LogP contribution in [0.15, 0.2) is 37.1 Å². The minimum atomic E-state index is -0.347. The van der Waals surface area contributed by atoms with Crippen molar-refractivity contribution in [1.82, 2.24) is 39.8 Å². The van der Waals surface area contributed by atoms with E-state index in [4.69, 9.17) is 4.74 Å². The smallest absolute Gasteiger partial charge is 0.282 e. The van der Waals surface area contributed by atoms with Crippen LogP contribution in [0.2, 0.25) is 0 Å². The fourth-order valence-electron chi connectivity index (χ4n) is 9.23. The van der Waals surface area contributed by atoms with E-state index in [0.717, 1.165) is 76.2 Å². The maximum Gasteiger partial charge on any atom is 0.282 e. The van der Waals surface area contributed by atoms with Gasteiger partial charge in [0.25, 0.3) is 5.88 Å². The number of carbonyl (C=O) groups excluding carboxylic acids is 1. The molecule has 1 amide bonds. The third kappa shape index (κ3) is 6.26. The molecule has 5 fully saturated rings. The van der Waals surface area contributed by atoms with E-state index in [1.54, 1.807) is 23.5 Å². The highest BCUT2D eigenvalue weighted by Gasteiger charge is 2.53. The Labute approximate surface area is 288 Å². The number of anilines is 1. The number of aromatic nitrogens is 5. The summed E-state index contributed by atoms with van der Waals surface area (Å²) in [5.74, 6) is 3.22. The first kappa shape index (κ1) is 32.4. The van der Waals surface area contributed by atoms with Crippen LogP contribution in [0.4, 0.5) is 10.2 Å². The first-order valence-electron chi connectivity index (χ1n) is 18.1. The highest BCUT2D eigenvalue weighted by molar-refractivity contribution is 5.78. The monoisotopic (exact) mass is 669 g/mol. The second-order valence-electron chi connectivity index (χ2n) is 15.8. The number of benzene rings is 1. The number of hydrogen-bond acceptors (Lipinski definition) is 10. The van der Waals surface area contributed by atoms with E-state index in [1.807, 2.05) is 14.1 Å². The Hall–Kier alpha value is -3.77. The van der Waals surface area contributed by atoms with Gasteiger partial charge in [0.05, 0.1) is 11.6 Å². The lowest BCUT2D eigenvalue weighted by atomic mass is 9.68. The zero-order valence-electron chi connectivity index (χ0n) is 29.1. The second kappa shape index (κ2) is 12.8. The van der Waals surface area contributed by atoms with E-state index in [9.17, 15) is 9.18 Å². The summed E-state index contributed by atoms with van der Waals surface area (Å²) in [5.41, 5.74) is 2.54. The maximum absolute atomic E-state index is 14.6. The molecule has 2 aliphatic carbocycles.